The predicted molar refractivity (Wildman–Crippen MR) is 21.0 cm³/mol. The lowest BCUT2D eigenvalue weighted by molar-refractivity contribution is 0.564. The van der Waals surface area contributed by atoms with Crippen molar-refractivity contribution >= 4 is 11.2 Å². The molecule has 1 aliphatic heterocycles. The number of rotatable bonds is 0. The Morgan fingerprint density at radius 1 is 1.60 bits per heavy atom. The van der Waals surface area contributed by atoms with Gasteiger partial charge in [-0.2, -0.15) is 0 Å². The maximum absolute atomic E-state index is 9.95. The molecule has 0 aromatic heterocycles. The fourth-order valence-electron chi connectivity index (χ4n) is 0.185. The molecule has 1 heterocycles. The van der Waals surface area contributed by atoms with Crippen LogP contribution in [0.3, 0.4) is 0 Å². The molecule has 0 bridgehead atoms. The van der Waals surface area contributed by atoms with E-state index in [2.05, 4.69) is 5.32 Å². The summed E-state index contributed by atoms with van der Waals surface area (Å²) in [6.07, 6.45) is 0. The van der Waals surface area contributed by atoms with Gasteiger partial charge in [0.15, 0.2) is 11.8 Å². The Balaban J connectivity index is 2.08. The van der Waals surface area contributed by atoms with Gasteiger partial charge in [-0.25, -0.2) is 5.32 Å². The highest BCUT2D eigenvalue weighted by Crippen LogP contribution is 1.92. The van der Waals surface area contributed by atoms with Crippen LogP contribution in [0.25, 0.3) is 0 Å². The van der Waals surface area contributed by atoms with Gasteiger partial charge in [0, 0.05) is 0 Å². The average Bonchev–Trinajstić information content (AvgIpc) is 1.30. The molecule has 0 atom stereocenters. The van der Waals surface area contributed by atoms with E-state index >= 15 is 0 Å². The van der Waals surface area contributed by atoms with Gasteiger partial charge in [0.25, 0.3) is 0 Å². The Kier molecular flexibility index (Phi) is 0.804. The summed E-state index contributed by atoms with van der Waals surface area (Å²) in [5.41, 5.74) is 0. The zero-order valence-corrected chi connectivity index (χ0v) is 3.55. The summed E-state index contributed by atoms with van der Waals surface area (Å²) in [7, 11) is 0. The molecule has 0 aromatic rings. The van der Waals surface area contributed by atoms with Crippen LogP contribution < -0.4 is 5.32 Å². The lowest BCUT2D eigenvalue weighted by atomic mass is 11.2. The van der Waals surface area contributed by atoms with Crippen molar-refractivity contribution in [3.05, 3.63) is 0 Å². The van der Waals surface area contributed by atoms with E-state index in [4.69, 9.17) is 0 Å². The second kappa shape index (κ2) is 1.16. The molecule has 1 rings (SSSR count). The molecule has 30 valence electrons. The Morgan fingerprint density at radius 3 is 2.00 bits per heavy atom. The van der Waals surface area contributed by atoms with E-state index in [9.17, 15) is 4.55 Å². The first-order valence-electron chi connectivity index (χ1n) is 1.45. The highest BCUT2D eigenvalue weighted by Gasteiger charge is 2.13. The van der Waals surface area contributed by atoms with E-state index in [1.54, 1.807) is 0 Å². The quantitative estimate of drug-likeness (QED) is 0.398. The molecule has 1 N–H and O–H groups in total. The van der Waals surface area contributed by atoms with Crippen molar-refractivity contribution in [1.29, 1.82) is 0 Å². The summed E-state index contributed by atoms with van der Waals surface area (Å²) < 4.78 is 9.95. The molecule has 0 aliphatic carbocycles. The molecule has 3 heteroatoms. The SMILES string of the molecule is [O-][S+]1CNC1. The number of hydrogen-bond donors (Lipinski definition) is 1. The minimum Gasteiger partial charge on any atom is -0.614 e. The highest BCUT2D eigenvalue weighted by molar-refractivity contribution is 7.92. The summed E-state index contributed by atoms with van der Waals surface area (Å²) in [4.78, 5) is 0. The van der Waals surface area contributed by atoms with Gasteiger partial charge < -0.3 is 4.55 Å². The third kappa shape index (κ3) is 0.560. The lowest BCUT2D eigenvalue weighted by Crippen LogP contribution is -2.41. The van der Waals surface area contributed by atoms with Crippen molar-refractivity contribution in [3.63, 3.8) is 0 Å². The molecule has 0 saturated carbocycles. The van der Waals surface area contributed by atoms with E-state index in [1.807, 2.05) is 0 Å². The first kappa shape index (κ1) is 3.46. The van der Waals surface area contributed by atoms with E-state index in [0.717, 1.165) is 0 Å². The average molecular weight is 91.1 g/mol. The fraction of sp³-hybridized carbons (Fsp3) is 1.00. The zero-order valence-electron chi connectivity index (χ0n) is 2.73. The molecule has 1 aliphatic rings. The Labute approximate surface area is 33.7 Å². The first-order chi connectivity index (χ1) is 2.39. The second-order valence-corrected chi connectivity index (χ2v) is 2.44. The van der Waals surface area contributed by atoms with Crippen molar-refractivity contribution in [2.24, 2.45) is 0 Å². The fourth-order valence-corrected chi connectivity index (χ4v) is 0.556. The van der Waals surface area contributed by atoms with Crippen molar-refractivity contribution in [2.75, 3.05) is 11.8 Å². The van der Waals surface area contributed by atoms with Crippen LogP contribution in [-0.2, 0) is 11.2 Å². The molecule has 1 saturated heterocycles. The van der Waals surface area contributed by atoms with Gasteiger partial charge in [-0.15, -0.1) is 0 Å². The summed E-state index contributed by atoms with van der Waals surface area (Å²) in [6, 6.07) is 0. The van der Waals surface area contributed by atoms with Gasteiger partial charge >= 0.3 is 0 Å². The van der Waals surface area contributed by atoms with Gasteiger partial charge in [0.2, 0.25) is 0 Å². The summed E-state index contributed by atoms with van der Waals surface area (Å²) >= 11 is -0.503. The van der Waals surface area contributed by atoms with Crippen LogP contribution in [-0.4, -0.2) is 16.3 Å². The summed E-state index contributed by atoms with van der Waals surface area (Å²) in [5, 5.41) is 2.86. The molecule has 1 fully saturated rings. The van der Waals surface area contributed by atoms with Crippen molar-refractivity contribution < 1.29 is 4.55 Å². The predicted octanol–water partition coefficient (Wildman–Crippen LogP) is -0.747. The molecule has 0 unspecified atom stereocenters. The van der Waals surface area contributed by atoms with Crippen molar-refractivity contribution in [2.45, 2.75) is 0 Å². The van der Waals surface area contributed by atoms with Crippen LogP contribution in [0.4, 0.5) is 0 Å². The topological polar surface area (TPSA) is 35.1 Å². The molecule has 5 heavy (non-hydrogen) atoms. The highest BCUT2D eigenvalue weighted by atomic mass is 32.2. The molecular formula is C2H5NOS. The van der Waals surface area contributed by atoms with Crippen LogP contribution in [0, 0.1) is 0 Å². The number of hydrogen-bond acceptors (Lipinski definition) is 2. The minimum absolute atomic E-state index is 0.503. The lowest BCUT2D eigenvalue weighted by Gasteiger charge is -2.18. The monoisotopic (exact) mass is 91.0 g/mol. The first-order valence-corrected chi connectivity index (χ1v) is 2.94. The van der Waals surface area contributed by atoms with Crippen LogP contribution in [0.1, 0.15) is 0 Å². The van der Waals surface area contributed by atoms with Gasteiger partial charge in [-0.1, -0.05) is 0 Å². The van der Waals surface area contributed by atoms with Crippen LogP contribution >= 0.6 is 0 Å². The van der Waals surface area contributed by atoms with E-state index in [0.29, 0.717) is 11.8 Å². The van der Waals surface area contributed by atoms with Gasteiger partial charge in [-0.3, -0.25) is 0 Å². The van der Waals surface area contributed by atoms with E-state index in [1.165, 1.54) is 0 Å². The van der Waals surface area contributed by atoms with Gasteiger partial charge in [0.1, 0.15) is 0 Å². The normalized spacial score (nSPS) is 25.8. The van der Waals surface area contributed by atoms with Crippen LogP contribution in [0.2, 0.25) is 0 Å². The molecule has 0 radical (unpaired) electrons. The van der Waals surface area contributed by atoms with Gasteiger partial charge in [-0.05, 0) is 11.2 Å². The Morgan fingerprint density at radius 2 is 2.00 bits per heavy atom. The van der Waals surface area contributed by atoms with E-state index < -0.39 is 11.2 Å². The number of nitrogens with one attached hydrogen (secondary N) is 1. The summed E-state index contributed by atoms with van der Waals surface area (Å²) in [5.74, 6) is 1.42. The smallest absolute Gasteiger partial charge is 0.161 e. The third-order valence-electron chi connectivity index (χ3n) is 0.526. The maximum Gasteiger partial charge on any atom is 0.161 e. The minimum atomic E-state index is -0.503. The standard InChI is InChI=1S/C2H5NOS/c4-5-1-3-2-5/h3H,1-2H2. The summed E-state index contributed by atoms with van der Waals surface area (Å²) in [6.45, 7) is 0. The Hall–Kier alpha value is 0.270. The molecular weight excluding hydrogens is 86.1 g/mol. The molecule has 0 aromatic carbocycles. The van der Waals surface area contributed by atoms with Crippen molar-refractivity contribution in [3.8, 4) is 0 Å². The molecule has 2 nitrogen and oxygen atoms in total. The third-order valence-corrected chi connectivity index (χ3v) is 1.58. The maximum atomic E-state index is 9.95. The zero-order chi connectivity index (χ0) is 3.70. The van der Waals surface area contributed by atoms with Crippen LogP contribution in [0.5, 0.6) is 0 Å². The Bertz CT molecular complexity index is 36.6. The largest absolute Gasteiger partial charge is 0.614 e. The van der Waals surface area contributed by atoms with Crippen molar-refractivity contribution in [1.82, 2.24) is 5.32 Å². The molecule has 0 spiro atoms. The van der Waals surface area contributed by atoms with E-state index in [-0.39, 0.29) is 0 Å². The van der Waals surface area contributed by atoms with Crippen LogP contribution in [0.15, 0.2) is 0 Å². The van der Waals surface area contributed by atoms with Gasteiger partial charge in [0.05, 0.1) is 0 Å². The second-order valence-electron chi connectivity index (χ2n) is 0.979. The molecule has 0 amide bonds.